The Morgan fingerprint density at radius 3 is 2.21 bits per heavy atom. The van der Waals surface area contributed by atoms with Gasteiger partial charge in [0.15, 0.2) is 5.82 Å². The van der Waals surface area contributed by atoms with Crippen LogP contribution in [0.1, 0.15) is 32.4 Å². The summed E-state index contributed by atoms with van der Waals surface area (Å²) in [7, 11) is 0. The number of nitrogens with two attached hydrogens (primary N) is 1. The van der Waals surface area contributed by atoms with Crippen LogP contribution in [0.5, 0.6) is 0 Å². The second-order valence-corrected chi connectivity index (χ2v) is 5.00. The summed E-state index contributed by atoms with van der Waals surface area (Å²) in [6, 6.07) is 3.27. The third-order valence-electron chi connectivity index (χ3n) is 3.31. The highest BCUT2D eigenvalue weighted by molar-refractivity contribution is 5.76. The smallest absolute Gasteiger partial charge is 0.175 e. The van der Waals surface area contributed by atoms with Crippen LogP contribution >= 0.6 is 0 Å². The first-order valence-corrected chi connectivity index (χ1v) is 6.11. The molecule has 102 valence electrons. The van der Waals surface area contributed by atoms with Gasteiger partial charge in [-0.3, -0.25) is 0 Å². The minimum Gasteiger partial charge on any atom is -0.380 e. The molecule has 0 saturated carbocycles. The molecule has 0 bridgehead atoms. The molecule has 0 saturated heterocycles. The summed E-state index contributed by atoms with van der Waals surface area (Å²) in [5.74, 6) is -0.266. The van der Waals surface area contributed by atoms with Crippen LogP contribution in [-0.4, -0.2) is 5.16 Å². The van der Waals surface area contributed by atoms with Crippen LogP contribution in [0.15, 0.2) is 22.7 Å². The Morgan fingerprint density at radius 2 is 1.68 bits per heavy atom. The maximum Gasteiger partial charge on any atom is 0.175 e. The van der Waals surface area contributed by atoms with E-state index in [9.17, 15) is 8.78 Å². The number of hydrogen-bond acceptors (Lipinski definition) is 3. The fourth-order valence-corrected chi connectivity index (χ4v) is 1.92. The van der Waals surface area contributed by atoms with Crippen molar-refractivity contribution in [2.45, 2.75) is 26.7 Å². The SMILES string of the molecule is CC(C)C(C)c1onc(N)c1-c1cc(F)cc(F)c1. The van der Waals surface area contributed by atoms with Crippen LogP contribution in [0, 0.1) is 17.6 Å². The number of anilines is 1. The highest BCUT2D eigenvalue weighted by Crippen LogP contribution is 2.37. The zero-order chi connectivity index (χ0) is 14.2. The van der Waals surface area contributed by atoms with Gasteiger partial charge >= 0.3 is 0 Å². The number of hydrogen-bond donors (Lipinski definition) is 1. The third-order valence-corrected chi connectivity index (χ3v) is 3.31. The average Bonchev–Trinajstić information content (AvgIpc) is 2.68. The first-order valence-electron chi connectivity index (χ1n) is 6.11. The minimum absolute atomic E-state index is 0.0473. The third kappa shape index (κ3) is 2.59. The van der Waals surface area contributed by atoms with E-state index in [-0.39, 0.29) is 11.7 Å². The van der Waals surface area contributed by atoms with Crippen molar-refractivity contribution in [3.05, 3.63) is 35.6 Å². The van der Waals surface area contributed by atoms with Crippen molar-refractivity contribution in [1.29, 1.82) is 0 Å². The maximum atomic E-state index is 13.3. The van der Waals surface area contributed by atoms with Crippen molar-refractivity contribution >= 4 is 5.82 Å². The molecule has 0 amide bonds. The molecule has 1 atom stereocenters. The second-order valence-electron chi connectivity index (χ2n) is 5.00. The van der Waals surface area contributed by atoms with E-state index in [4.69, 9.17) is 10.3 Å². The monoisotopic (exact) mass is 266 g/mol. The van der Waals surface area contributed by atoms with Gasteiger partial charge in [-0.2, -0.15) is 0 Å². The molecule has 2 rings (SSSR count). The molecular formula is C14H16F2N2O. The maximum absolute atomic E-state index is 13.3. The summed E-state index contributed by atoms with van der Waals surface area (Å²) in [6.07, 6.45) is 0. The molecule has 3 nitrogen and oxygen atoms in total. The lowest BCUT2D eigenvalue weighted by atomic mass is 9.91. The van der Waals surface area contributed by atoms with Gasteiger partial charge in [0.05, 0.1) is 5.56 Å². The first kappa shape index (κ1) is 13.5. The molecule has 0 aliphatic carbocycles. The zero-order valence-electron chi connectivity index (χ0n) is 11.1. The number of nitrogen functional groups attached to an aromatic ring is 1. The summed E-state index contributed by atoms with van der Waals surface area (Å²) in [6.45, 7) is 6.02. The average molecular weight is 266 g/mol. The number of rotatable bonds is 3. The van der Waals surface area contributed by atoms with Crippen LogP contribution in [0.3, 0.4) is 0 Å². The molecule has 0 aliphatic rings. The lowest BCUT2D eigenvalue weighted by molar-refractivity contribution is 0.341. The van der Waals surface area contributed by atoms with Gasteiger partial charge in [0, 0.05) is 12.0 Å². The van der Waals surface area contributed by atoms with Gasteiger partial charge in [-0.1, -0.05) is 25.9 Å². The molecule has 2 N–H and O–H groups in total. The van der Waals surface area contributed by atoms with E-state index in [1.165, 1.54) is 12.1 Å². The Labute approximate surface area is 110 Å². The molecular weight excluding hydrogens is 250 g/mol. The lowest BCUT2D eigenvalue weighted by Gasteiger charge is -2.14. The number of benzene rings is 1. The van der Waals surface area contributed by atoms with Crippen LogP contribution in [0.2, 0.25) is 0 Å². The summed E-state index contributed by atoms with van der Waals surface area (Å²) < 4.78 is 31.9. The Hall–Kier alpha value is -1.91. The van der Waals surface area contributed by atoms with Crippen molar-refractivity contribution in [3.63, 3.8) is 0 Å². The Bertz CT molecular complexity index is 573. The normalized spacial score (nSPS) is 12.9. The van der Waals surface area contributed by atoms with Crippen molar-refractivity contribution in [2.75, 3.05) is 5.73 Å². The largest absolute Gasteiger partial charge is 0.380 e. The molecule has 1 aromatic carbocycles. The molecule has 0 aliphatic heterocycles. The van der Waals surface area contributed by atoms with Gasteiger partial charge < -0.3 is 10.3 Å². The molecule has 1 heterocycles. The van der Waals surface area contributed by atoms with E-state index in [0.717, 1.165) is 6.07 Å². The van der Waals surface area contributed by atoms with Gasteiger partial charge in [0.2, 0.25) is 0 Å². The summed E-state index contributed by atoms with van der Waals surface area (Å²) in [5.41, 5.74) is 6.58. The number of halogens is 2. The van der Waals surface area contributed by atoms with Crippen molar-refractivity contribution in [3.8, 4) is 11.1 Å². The fraction of sp³-hybridized carbons (Fsp3) is 0.357. The van der Waals surface area contributed by atoms with Crippen molar-refractivity contribution in [2.24, 2.45) is 5.92 Å². The van der Waals surface area contributed by atoms with Gasteiger partial charge in [-0.25, -0.2) is 8.78 Å². The van der Waals surface area contributed by atoms with E-state index >= 15 is 0 Å². The van der Waals surface area contributed by atoms with Gasteiger partial charge in [0.25, 0.3) is 0 Å². The molecule has 1 aromatic heterocycles. The lowest BCUT2D eigenvalue weighted by Crippen LogP contribution is -2.03. The number of aromatic nitrogens is 1. The van der Waals surface area contributed by atoms with Crippen molar-refractivity contribution in [1.82, 2.24) is 5.16 Å². The summed E-state index contributed by atoms with van der Waals surface area (Å²) >= 11 is 0. The standard InChI is InChI=1S/C14H16F2N2O/c1-7(2)8(3)13-12(14(17)18-19-13)9-4-10(15)6-11(16)5-9/h4-8H,1-3H3,(H2,17,18). The zero-order valence-corrected chi connectivity index (χ0v) is 11.1. The minimum atomic E-state index is -0.654. The molecule has 2 aromatic rings. The van der Waals surface area contributed by atoms with Crippen molar-refractivity contribution < 1.29 is 13.3 Å². The fourth-order valence-electron chi connectivity index (χ4n) is 1.92. The Balaban J connectivity index is 2.58. The topological polar surface area (TPSA) is 52.0 Å². The van der Waals surface area contributed by atoms with E-state index < -0.39 is 11.6 Å². The van der Waals surface area contributed by atoms with Crippen LogP contribution in [-0.2, 0) is 0 Å². The molecule has 0 radical (unpaired) electrons. The summed E-state index contributed by atoms with van der Waals surface area (Å²) in [4.78, 5) is 0. The van der Waals surface area contributed by atoms with Gasteiger partial charge in [0.1, 0.15) is 17.4 Å². The molecule has 19 heavy (non-hydrogen) atoms. The van der Waals surface area contributed by atoms with Gasteiger partial charge in [-0.15, -0.1) is 0 Å². The van der Waals surface area contributed by atoms with Crippen LogP contribution in [0.4, 0.5) is 14.6 Å². The van der Waals surface area contributed by atoms with E-state index in [1.54, 1.807) is 0 Å². The van der Waals surface area contributed by atoms with Gasteiger partial charge in [-0.05, 0) is 23.6 Å². The molecule has 0 spiro atoms. The number of nitrogens with zero attached hydrogens (tertiary/aromatic N) is 1. The Morgan fingerprint density at radius 1 is 1.11 bits per heavy atom. The molecule has 1 unspecified atom stereocenters. The second kappa shape index (κ2) is 4.99. The highest BCUT2D eigenvalue weighted by Gasteiger charge is 2.23. The predicted molar refractivity (Wildman–Crippen MR) is 69.5 cm³/mol. The predicted octanol–water partition coefficient (Wildman–Crippen LogP) is 3.96. The Kier molecular flexibility index (Phi) is 3.55. The molecule has 0 fully saturated rings. The van der Waals surface area contributed by atoms with Crippen LogP contribution < -0.4 is 5.73 Å². The van der Waals surface area contributed by atoms with E-state index in [2.05, 4.69) is 5.16 Å². The van der Waals surface area contributed by atoms with E-state index in [1.807, 2.05) is 20.8 Å². The first-order chi connectivity index (χ1) is 8.90. The van der Waals surface area contributed by atoms with E-state index in [0.29, 0.717) is 22.8 Å². The summed E-state index contributed by atoms with van der Waals surface area (Å²) in [5, 5.41) is 3.71. The highest BCUT2D eigenvalue weighted by atomic mass is 19.1. The molecule has 5 heteroatoms. The van der Waals surface area contributed by atoms with Crippen LogP contribution in [0.25, 0.3) is 11.1 Å². The quantitative estimate of drug-likeness (QED) is 0.914.